The molecular weight excluding hydrogens is 334 g/mol. The molecule has 23 heavy (non-hydrogen) atoms. The van der Waals surface area contributed by atoms with Crippen molar-refractivity contribution in [3.05, 3.63) is 65.2 Å². The standard InChI is InChI=1S/C17H16ClNO3S/c18-16-13-7-3-4-8-14(13)22-17(16)12-6-2-1-5-11(12)9-23(21)10-15(19)20/h1-8,16-17H,9-10H2,(H2,19,20). The molecule has 0 fully saturated rings. The number of para-hydroxylation sites is 1. The van der Waals surface area contributed by atoms with E-state index >= 15 is 0 Å². The third-order valence-corrected chi connectivity index (χ3v) is 5.42. The lowest BCUT2D eigenvalue weighted by Gasteiger charge is -2.19. The molecule has 0 aromatic heterocycles. The Balaban J connectivity index is 1.86. The van der Waals surface area contributed by atoms with Crippen molar-refractivity contribution in [3.8, 4) is 5.75 Å². The molecule has 3 rings (SSSR count). The van der Waals surface area contributed by atoms with Gasteiger partial charge >= 0.3 is 0 Å². The lowest BCUT2D eigenvalue weighted by atomic mass is 9.99. The van der Waals surface area contributed by atoms with Crippen molar-refractivity contribution in [1.29, 1.82) is 0 Å². The van der Waals surface area contributed by atoms with E-state index in [2.05, 4.69) is 0 Å². The predicted molar refractivity (Wildman–Crippen MR) is 90.8 cm³/mol. The highest BCUT2D eigenvalue weighted by Gasteiger charge is 2.35. The highest BCUT2D eigenvalue weighted by molar-refractivity contribution is 7.91. The summed E-state index contributed by atoms with van der Waals surface area (Å²) in [5.74, 6) is 0.301. The predicted octanol–water partition coefficient (Wildman–Crippen LogP) is 2.83. The molecule has 1 aliphatic rings. The van der Waals surface area contributed by atoms with Crippen LogP contribution >= 0.6 is 11.6 Å². The van der Waals surface area contributed by atoms with Gasteiger partial charge in [0, 0.05) is 16.7 Å². The van der Waals surface area contributed by atoms with E-state index in [4.69, 9.17) is 22.1 Å². The Morgan fingerprint density at radius 3 is 2.52 bits per heavy atom. The number of hydrogen-bond donors (Lipinski definition) is 1. The smallest absolute Gasteiger partial charge is 0.267 e. The first-order valence-corrected chi connectivity index (χ1v) is 9.09. The van der Waals surface area contributed by atoms with Crippen LogP contribution in [-0.2, 0) is 21.7 Å². The average Bonchev–Trinajstić information content (AvgIpc) is 2.84. The van der Waals surface area contributed by atoms with Crippen molar-refractivity contribution in [3.63, 3.8) is 0 Å². The molecule has 0 radical (unpaired) electrons. The number of alkyl halides is 1. The van der Waals surface area contributed by atoms with E-state index in [1.165, 1.54) is 0 Å². The van der Waals surface area contributed by atoms with Crippen LogP contribution < -0.4 is 10.5 Å². The molecule has 0 spiro atoms. The van der Waals surface area contributed by atoms with Gasteiger partial charge in [-0.1, -0.05) is 42.5 Å². The van der Waals surface area contributed by atoms with Gasteiger partial charge in [0.1, 0.15) is 23.0 Å². The van der Waals surface area contributed by atoms with E-state index < -0.39 is 17.1 Å². The quantitative estimate of drug-likeness (QED) is 0.666. The number of ether oxygens (including phenoxy) is 1. The molecule has 6 heteroatoms. The fourth-order valence-corrected chi connectivity index (χ4v) is 4.12. The monoisotopic (exact) mass is 349 g/mol. The summed E-state index contributed by atoms with van der Waals surface area (Å²) in [6.07, 6.45) is -0.337. The van der Waals surface area contributed by atoms with Crippen LogP contribution in [0.5, 0.6) is 5.75 Å². The molecule has 1 amide bonds. The molecule has 2 N–H and O–H groups in total. The maximum absolute atomic E-state index is 12.0. The molecule has 0 saturated heterocycles. The second-order valence-electron chi connectivity index (χ2n) is 5.37. The number of carbonyl (C=O) groups is 1. The van der Waals surface area contributed by atoms with Crippen LogP contribution in [0.1, 0.15) is 28.2 Å². The molecule has 0 aliphatic carbocycles. The number of carbonyl (C=O) groups excluding carboxylic acids is 1. The number of halogens is 1. The van der Waals surface area contributed by atoms with Crippen molar-refractivity contribution in [2.75, 3.05) is 5.75 Å². The number of rotatable bonds is 5. The summed E-state index contributed by atoms with van der Waals surface area (Å²) in [6.45, 7) is 0. The number of fused-ring (bicyclic) bond motifs is 1. The third kappa shape index (κ3) is 3.47. The zero-order valence-corrected chi connectivity index (χ0v) is 13.8. The topological polar surface area (TPSA) is 75.4 Å². The van der Waals surface area contributed by atoms with Gasteiger partial charge in [0.05, 0.1) is 0 Å². The van der Waals surface area contributed by atoms with Crippen LogP contribution in [0.15, 0.2) is 48.5 Å². The Labute approximate surface area is 142 Å². The summed E-state index contributed by atoms with van der Waals surface area (Å²) < 4.78 is 18.0. The molecular formula is C17H16ClNO3S. The summed E-state index contributed by atoms with van der Waals surface area (Å²) in [4.78, 5) is 10.9. The Morgan fingerprint density at radius 2 is 1.83 bits per heavy atom. The van der Waals surface area contributed by atoms with Crippen molar-refractivity contribution >= 4 is 28.7 Å². The van der Waals surface area contributed by atoms with Crippen LogP contribution in [0.25, 0.3) is 0 Å². The molecule has 4 nitrogen and oxygen atoms in total. The van der Waals surface area contributed by atoms with Crippen molar-refractivity contribution < 1.29 is 14.1 Å². The van der Waals surface area contributed by atoms with Crippen LogP contribution in [0.3, 0.4) is 0 Å². The van der Waals surface area contributed by atoms with E-state index in [-0.39, 0.29) is 23.0 Å². The first-order chi connectivity index (χ1) is 11.1. The van der Waals surface area contributed by atoms with Gasteiger partial charge in [-0.05, 0) is 17.2 Å². The molecule has 0 saturated carbocycles. The fourth-order valence-electron chi connectivity index (χ4n) is 2.72. The molecule has 3 atom stereocenters. The highest BCUT2D eigenvalue weighted by Crippen LogP contribution is 2.48. The second-order valence-corrected chi connectivity index (χ2v) is 7.30. The van der Waals surface area contributed by atoms with Gasteiger partial charge in [-0.15, -0.1) is 11.6 Å². The lowest BCUT2D eigenvalue weighted by molar-refractivity contribution is -0.115. The van der Waals surface area contributed by atoms with Crippen LogP contribution in [0, 0.1) is 0 Å². The Hall–Kier alpha value is -1.69. The van der Waals surface area contributed by atoms with Crippen molar-refractivity contribution in [1.82, 2.24) is 0 Å². The number of benzene rings is 2. The van der Waals surface area contributed by atoms with Gasteiger partial charge in [0.2, 0.25) is 0 Å². The highest BCUT2D eigenvalue weighted by atomic mass is 35.5. The van der Waals surface area contributed by atoms with Crippen molar-refractivity contribution in [2.24, 2.45) is 5.73 Å². The van der Waals surface area contributed by atoms with E-state index in [1.54, 1.807) is 0 Å². The largest absolute Gasteiger partial charge is 0.616 e. The van der Waals surface area contributed by atoms with Crippen LogP contribution in [0.4, 0.5) is 0 Å². The lowest BCUT2D eigenvalue weighted by Crippen LogP contribution is -2.24. The number of primary amides is 1. The SMILES string of the molecule is NC(=O)C[S+]([O-])Cc1ccccc1C1Oc2ccccc2C1Cl. The molecule has 1 heterocycles. The Kier molecular flexibility index (Phi) is 4.80. The summed E-state index contributed by atoms with van der Waals surface area (Å²) in [5, 5.41) is -0.308. The minimum Gasteiger partial charge on any atom is -0.616 e. The second kappa shape index (κ2) is 6.83. The first kappa shape index (κ1) is 16.2. The Morgan fingerprint density at radius 1 is 1.17 bits per heavy atom. The van der Waals surface area contributed by atoms with Gasteiger partial charge in [-0.3, -0.25) is 4.79 Å². The summed E-state index contributed by atoms with van der Waals surface area (Å²) in [5.41, 5.74) is 7.81. The van der Waals surface area contributed by atoms with Gasteiger partial charge < -0.3 is 15.0 Å². The van der Waals surface area contributed by atoms with E-state index in [0.717, 1.165) is 22.4 Å². The van der Waals surface area contributed by atoms with Gasteiger partial charge in [-0.25, -0.2) is 0 Å². The Bertz CT molecular complexity index is 724. The maximum atomic E-state index is 12.0. The molecule has 3 unspecified atom stereocenters. The zero-order chi connectivity index (χ0) is 16.4. The van der Waals surface area contributed by atoms with Gasteiger partial charge in [-0.2, -0.15) is 0 Å². The van der Waals surface area contributed by atoms with E-state index in [1.807, 2.05) is 48.5 Å². The average molecular weight is 350 g/mol. The third-order valence-electron chi connectivity index (χ3n) is 3.72. The summed E-state index contributed by atoms with van der Waals surface area (Å²) in [6, 6.07) is 15.2. The minimum absolute atomic E-state index is 0.148. The minimum atomic E-state index is -1.35. The molecule has 2 aromatic carbocycles. The van der Waals surface area contributed by atoms with E-state index in [9.17, 15) is 9.35 Å². The first-order valence-electron chi connectivity index (χ1n) is 7.17. The normalized spacial score (nSPS) is 20.6. The van der Waals surface area contributed by atoms with Crippen molar-refractivity contribution in [2.45, 2.75) is 17.2 Å². The fraction of sp³-hybridized carbons (Fsp3) is 0.235. The molecule has 1 aliphatic heterocycles. The van der Waals surface area contributed by atoms with Crippen LogP contribution in [-0.4, -0.2) is 16.2 Å². The molecule has 120 valence electrons. The van der Waals surface area contributed by atoms with Gasteiger partial charge in [0.15, 0.2) is 5.75 Å². The van der Waals surface area contributed by atoms with E-state index in [0.29, 0.717) is 0 Å². The summed E-state index contributed by atoms with van der Waals surface area (Å²) in [7, 11) is 0. The number of amides is 1. The van der Waals surface area contributed by atoms with Gasteiger partial charge in [0.25, 0.3) is 5.91 Å². The number of nitrogens with two attached hydrogens (primary N) is 1. The maximum Gasteiger partial charge on any atom is 0.267 e. The zero-order valence-electron chi connectivity index (χ0n) is 12.3. The number of hydrogen-bond acceptors (Lipinski definition) is 3. The molecule has 0 bridgehead atoms. The molecule has 2 aromatic rings. The summed E-state index contributed by atoms with van der Waals surface area (Å²) >= 11 is 5.21. The van der Waals surface area contributed by atoms with Crippen LogP contribution in [0.2, 0.25) is 0 Å².